The van der Waals surface area contributed by atoms with Crippen molar-refractivity contribution in [2.75, 3.05) is 32.9 Å². The van der Waals surface area contributed by atoms with Crippen LogP contribution in [0, 0.1) is 11.3 Å². The molecule has 0 saturated carbocycles. The Bertz CT molecular complexity index is 321. The molecule has 1 atom stereocenters. The van der Waals surface area contributed by atoms with E-state index in [0.717, 1.165) is 25.9 Å². The van der Waals surface area contributed by atoms with Crippen molar-refractivity contribution in [3.63, 3.8) is 0 Å². The monoisotopic (exact) mass is 255 g/mol. The van der Waals surface area contributed by atoms with Gasteiger partial charge in [0.2, 0.25) is 0 Å². The Morgan fingerprint density at radius 1 is 1.39 bits per heavy atom. The van der Waals surface area contributed by atoms with Crippen molar-refractivity contribution in [2.45, 2.75) is 39.2 Å². The number of ether oxygens (including phenoxy) is 1. The molecular formula is C14H25NO3. The van der Waals surface area contributed by atoms with Crippen molar-refractivity contribution in [2.24, 2.45) is 11.3 Å². The normalized spacial score (nSPS) is 39.6. The van der Waals surface area contributed by atoms with Gasteiger partial charge >= 0.3 is 0 Å². The predicted octanol–water partition coefficient (Wildman–Crippen LogP) is 1.07. The molecule has 4 heteroatoms. The van der Waals surface area contributed by atoms with E-state index in [1.54, 1.807) is 0 Å². The minimum atomic E-state index is -0.778. The molecule has 0 amide bonds. The molecule has 3 aliphatic rings. The summed E-state index contributed by atoms with van der Waals surface area (Å²) in [6, 6.07) is 0. The molecule has 0 aromatic rings. The minimum Gasteiger partial charge on any atom is -0.394 e. The van der Waals surface area contributed by atoms with Crippen molar-refractivity contribution in [3.05, 3.63) is 0 Å². The van der Waals surface area contributed by atoms with Crippen LogP contribution in [0.2, 0.25) is 0 Å². The highest BCUT2D eigenvalue weighted by molar-refractivity contribution is 5.95. The average Bonchev–Trinajstić information content (AvgIpc) is 2.34. The fourth-order valence-corrected chi connectivity index (χ4v) is 3.20. The maximum atomic E-state index is 12.7. The van der Waals surface area contributed by atoms with E-state index < -0.39 is 5.54 Å². The van der Waals surface area contributed by atoms with E-state index in [9.17, 15) is 9.90 Å². The summed E-state index contributed by atoms with van der Waals surface area (Å²) in [6.45, 7) is 8.85. The van der Waals surface area contributed by atoms with Crippen LogP contribution in [0.5, 0.6) is 0 Å². The van der Waals surface area contributed by atoms with E-state index in [-0.39, 0.29) is 17.8 Å². The van der Waals surface area contributed by atoms with Crippen molar-refractivity contribution in [1.29, 1.82) is 0 Å². The van der Waals surface area contributed by atoms with Gasteiger partial charge in [-0.25, -0.2) is 0 Å². The summed E-state index contributed by atoms with van der Waals surface area (Å²) < 4.78 is 5.67. The van der Waals surface area contributed by atoms with Gasteiger partial charge in [-0.05, 0) is 18.8 Å². The molecule has 4 nitrogen and oxygen atoms in total. The Kier molecular flexibility index (Phi) is 3.81. The molecule has 3 fully saturated rings. The molecular weight excluding hydrogens is 230 g/mol. The number of ketones is 1. The third-order valence-electron chi connectivity index (χ3n) is 4.50. The standard InChI is InChI=1S/C14H25NO3/c1-11(2)8-18-10-14(9-16)12(17)13(3)4-6-15(14)7-5-13/h11,16H,4-10H2,1-3H3/t14-/m0/s1. The number of rotatable bonds is 5. The van der Waals surface area contributed by atoms with Crippen molar-refractivity contribution < 1.29 is 14.6 Å². The topological polar surface area (TPSA) is 49.8 Å². The van der Waals surface area contributed by atoms with E-state index in [4.69, 9.17) is 4.74 Å². The highest BCUT2D eigenvalue weighted by Crippen LogP contribution is 2.44. The van der Waals surface area contributed by atoms with Crippen LogP contribution in [0.3, 0.4) is 0 Å². The van der Waals surface area contributed by atoms with Gasteiger partial charge in [0.25, 0.3) is 0 Å². The number of Topliss-reactive ketones (excluding diaryl/α,β-unsaturated/α-hetero) is 1. The summed E-state index contributed by atoms with van der Waals surface area (Å²) in [5.74, 6) is 0.626. The van der Waals surface area contributed by atoms with Crippen LogP contribution in [0.25, 0.3) is 0 Å². The molecule has 18 heavy (non-hydrogen) atoms. The third-order valence-corrected chi connectivity index (χ3v) is 4.50. The van der Waals surface area contributed by atoms with Crippen molar-refractivity contribution >= 4 is 5.78 Å². The van der Waals surface area contributed by atoms with Crippen LogP contribution in [-0.2, 0) is 9.53 Å². The first-order valence-electron chi connectivity index (χ1n) is 6.93. The number of carbonyl (C=O) groups is 1. The molecule has 1 N–H and O–H groups in total. The fraction of sp³-hybridized carbons (Fsp3) is 0.929. The lowest BCUT2D eigenvalue weighted by molar-refractivity contribution is -0.170. The Morgan fingerprint density at radius 3 is 2.50 bits per heavy atom. The number of piperidine rings is 3. The summed E-state index contributed by atoms with van der Waals surface area (Å²) in [5, 5.41) is 9.77. The molecule has 3 aliphatic heterocycles. The Hall–Kier alpha value is -0.450. The van der Waals surface area contributed by atoms with Crippen LogP contribution in [-0.4, -0.2) is 54.2 Å². The number of hydrogen-bond donors (Lipinski definition) is 1. The number of nitrogens with zero attached hydrogens (tertiary/aromatic N) is 1. The maximum Gasteiger partial charge on any atom is 0.163 e. The number of aliphatic hydroxyl groups excluding tert-OH is 1. The molecule has 0 unspecified atom stereocenters. The molecule has 3 saturated heterocycles. The Balaban J connectivity index is 2.13. The molecule has 3 heterocycles. The minimum absolute atomic E-state index is 0.125. The van der Waals surface area contributed by atoms with Crippen molar-refractivity contribution in [1.82, 2.24) is 4.90 Å². The number of carbonyl (C=O) groups excluding carboxylic acids is 1. The van der Waals surface area contributed by atoms with E-state index in [2.05, 4.69) is 18.7 Å². The molecule has 0 radical (unpaired) electrons. The molecule has 0 aliphatic carbocycles. The lowest BCUT2D eigenvalue weighted by Crippen LogP contribution is -2.72. The first-order chi connectivity index (χ1) is 8.44. The fourth-order valence-electron chi connectivity index (χ4n) is 3.20. The van der Waals surface area contributed by atoms with Gasteiger partial charge in [0.15, 0.2) is 5.78 Å². The van der Waals surface area contributed by atoms with E-state index >= 15 is 0 Å². The van der Waals surface area contributed by atoms with E-state index in [1.807, 2.05) is 6.92 Å². The zero-order valence-electron chi connectivity index (χ0n) is 11.7. The summed E-state index contributed by atoms with van der Waals surface area (Å²) in [5.41, 5.74) is -1.03. The molecule has 0 aromatic carbocycles. The van der Waals surface area contributed by atoms with Gasteiger partial charge in [-0.3, -0.25) is 9.69 Å². The van der Waals surface area contributed by atoms with Crippen LogP contribution in [0.15, 0.2) is 0 Å². The lowest BCUT2D eigenvalue weighted by atomic mass is 9.64. The third kappa shape index (κ3) is 2.10. The smallest absolute Gasteiger partial charge is 0.163 e. The van der Waals surface area contributed by atoms with Crippen LogP contribution in [0.4, 0.5) is 0 Å². The van der Waals surface area contributed by atoms with Gasteiger partial charge in [-0.15, -0.1) is 0 Å². The van der Waals surface area contributed by atoms with Gasteiger partial charge < -0.3 is 9.84 Å². The number of fused-ring (bicyclic) bond motifs is 3. The largest absolute Gasteiger partial charge is 0.394 e. The van der Waals surface area contributed by atoms with E-state index in [0.29, 0.717) is 19.1 Å². The highest BCUT2D eigenvalue weighted by atomic mass is 16.5. The summed E-state index contributed by atoms with van der Waals surface area (Å²) in [4.78, 5) is 14.8. The second-order valence-corrected chi connectivity index (χ2v) is 6.48. The summed E-state index contributed by atoms with van der Waals surface area (Å²) >= 11 is 0. The maximum absolute atomic E-state index is 12.7. The van der Waals surface area contributed by atoms with Gasteiger partial charge in [0, 0.05) is 25.1 Å². The average molecular weight is 255 g/mol. The molecule has 104 valence electrons. The van der Waals surface area contributed by atoms with Crippen LogP contribution >= 0.6 is 0 Å². The number of aliphatic hydroxyl groups is 1. The second-order valence-electron chi connectivity index (χ2n) is 6.48. The highest BCUT2D eigenvalue weighted by Gasteiger charge is 2.58. The van der Waals surface area contributed by atoms with E-state index in [1.165, 1.54) is 0 Å². The first kappa shape index (κ1) is 14.0. The van der Waals surface area contributed by atoms with Crippen molar-refractivity contribution in [3.8, 4) is 0 Å². The van der Waals surface area contributed by atoms with Gasteiger partial charge in [-0.2, -0.15) is 0 Å². The van der Waals surface area contributed by atoms with Gasteiger partial charge in [0.1, 0.15) is 5.54 Å². The van der Waals surface area contributed by atoms with Gasteiger partial charge in [-0.1, -0.05) is 20.8 Å². The molecule has 2 bridgehead atoms. The zero-order chi connectivity index (χ0) is 13.4. The van der Waals surface area contributed by atoms with Gasteiger partial charge in [0.05, 0.1) is 13.2 Å². The van der Waals surface area contributed by atoms with Crippen LogP contribution < -0.4 is 0 Å². The molecule has 3 rings (SSSR count). The zero-order valence-corrected chi connectivity index (χ0v) is 11.7. The quantitative estimate of drug-likeness (QED) is 0.798. The molecule has 0 aromatic heterocycles. The first-order valence-corrected chi connectivity index (χ1v) is 6.93. The lowest BCUT2D eigenvalue weighted by Gasteiger charge is -2.56. The summed E-state index contributed by atoms with van der Waals surface area (Å²) in [6.07, 6.45) is 1.83. The predicted molar refractivity (Wildman–Crippen MR) is 69.4 cm³/mol. The molecule has 0 spiro atoms. The second kappa shape index (κ2) is 4.91. The SMILES string of the molecule is CC(C)COC[C@@]1(CO)C(=O)C2(C)CCN1CC2. The Morgan fingerprint density at radius 2 is 2.00 bits per heavy atom. The Labute approximate surface area is 109 Å². The summed E-state index contributed by atoms with van der Waals surface area (Å²) in [7, 11) is 0. The number of hydrogen-bond acceptors (Lipinski definition) is 4. The van der Waals surface area contributed by atoms with Crippen LogP contribution in [0.1, 0.15) is 33.6 Å².